The number of benzene rings is 2. The first-order chi connectivity index (χ1) is 14.0. The van der Waals surface area contributed by atoms with Gasteiger partial charge in [0, 0.05) is 6.07 Å². The third kappa shape index (κ3) is 3.96. The van der Waals surface area contributed by atoms with Crippen molar-refractivity contribution in [3.8, 4) is 17.2 Å². The Morgan fingerprint density at radius 1 is 0.931 bits per heavy atom. The molecule has 0 fully saturated rings. The number of methoxy groups -OCH3 is 2. The van der Waals surface area contributed by atoms with Crippen LogP contribution in [0.1, 0.15) is 19.4 Å². The number of nitrogens with zero attached hydrogens (tertiary/aromatic N) is 1. The number of anilines is 1. The molecule has 2 aromatic rings. The van der Waals surface area contributed by atoms with E-state index < -0.39 is 0 Å². The average molecular weight is 413 g/mol. The second-order valence-corrected chi connectivity index (χ2v) is 7.36. The summed E-state index contributed by atoms with van der Waals surface area (Å²) in [6.45, 7) is 4.32. The molecule has 0 saturated carbocycles. The van der Waals surface area contributed by atoms with Crippen molar-refractivity contribution in [2.24, 2.45) is 0 Å². The van der Waals surface area contributed by atoms with Crippen LogP contribution in [-0.2, 0) is 9.59 Å². The number of imide groups is 1. The van der Waals surface area contributed by atoms with Gasteiger partial charge in [-0.25, -0.2) is 4.90 Å². The summed E-state index contributed by atoms with van der Waals surface area (Å²) in [5.41, 5.74) is 1.46. The Labute approximate surface area is 174 Å². The van der Waals surface area contributed by atoms with Gasteiger partial charge in [0.2, 0.25) is 0 Å². The summed E-state index contributed by atoms with van der Waals surface area (Å²) in [4.78, 5) is 28.1. The number of carbonyl (C=O) groups excluding carboxylic acids is 2. The van der Waals surface area contributed by atoms with Crippen LogP contribution in [0.5, 0.6) is 17.2 Å². The zero-order valence-corrected chi connectivity index (χ0v) is 17.7. The van der Waals surface area contributed by atoms with Crippen molar-refractivity contribution < 1.29 is 23.8 Å². The molecule has 0 radical (unpaired) electrons. The predicted molar refractivity (Wildman–Crippen MR) is 115 cm³/mol. The molecule has 0 atom stereocenters. The molecule has 0 spiro atoms. The van der Waals surface area contributed by atoms with Crippen LogP contribution in [0.2, 0.25) is 0 Å². The number of thioether (sulfide) groups is 1. The summed E-state index contributed by atoms with van der Waals surface area (Å²) >= 11 is 1.35. The van der Waals surface area contributed by atoms with Crippen LogP contribution >= 0.6 is 11.8 Å². The summed E-state index contributed by atoms with van der Waals surface area (Å²) in [5, 5.41) is 0. The molecule has 1 aliphatic rings. The Kier molecular flexibility index (Phi) is 6.49. The van der Waals surface area contributed by atoms with Gasteiger partial charge in [-0.3, -0.25) is 9.59 Å². The maximum absolute atomic E-state index is 13.3. The molecule has 0 aliphatic carbocycles. The summed E-state index contributed by atoms with van der Waals surface area (Å²) in [6, 6.07) is 12.2. The maximum Gasteiger partial charge on any atom is 0.272 e. The van der Waals surface area contributed by atoms with Crippen LogP contribution in [0, 0.1) is 0 Å². The third-order valence-corrected chi connectivity index (χ3v) is 5.35. The first kappa shape index (κ1) is 20.8. The van der Waals surface area contributed by atoms with Crippen LogP contribution in [-0.4, -0.2) is 38.4 Å². The van der Waals surface area contributed by atoms with E-state index in [0.29, 0.717) is 51.3 Å². The van der Waals surface area contributed by atoms with E-state index in [4.69, 9.17) is 14.2 Å². The number of amides is 2. The number of hydrogen-bond donors (Lipinski definition) is 0. The molecule has 2 aromatic carbocycles. The summed E-state index contributed by atoms with van der Waals surface area (Å²) in [7, 11) is 3.08. The van der Waals surface area contributed by atoms with Gasteiger partial charge in [-0.1, -0.05) is 19.1 Å². The van der Waals surface area contributed by atoms with Gasteiger partial charge in [0.05, 0.1) is 37.0 Å². The quantitative estimate of drug-likeness (QED) is 0.606. The SMILES string of the molecule is CCOc1cccc(N2C(=O)C(SCC)=C(c3ccc(OC)c(OC)c3)C2=O)c1. The van der Waals surface area contributed by atoms with Crippen molar-refractivity contribution in [1.29, 1.82) is 0 Å². The van der Waals surface area contributed by atoms with E-state index in [1.807, 2.05) is 13.8 Å². The molecule has 29 heavy (non-hydrogen) atoms. The highest BCUT2D eigenvalue weighted by Crippen LogP contribution is 2.41. The van der Waals surface area contributed by atoms with Crippen LogP contribution in [0.4, 0.5) is 5.69 Å². The number of hydrogen-bond acceptors (Lipinski definition) is 6. The average Bonchev–Trinajstić information content (AvgIpc) is 2.98. The molecule has 0 saturated heterocycles. The van der Waals surface area contributed by atoms with Crippen LogP contribution < -0.4 is 19.1 Å². The lowest BCUT2D eigenvalue weighted by molar-refractivity contribution is -0.119. The van der Waals surface area contributed by atoms with Crippen molar-refractivity contribution >= 4 is 34.8 Å². The smallest absolute Gasteiger partial charge is 0.272 e. The summed E-state index contributed by atoms with van der Waals surface area (Å²) in [6.07, 6.45) is 0. The third-order valence-electron chi connectivity index (χ3n) is 4.39. The zero-order chi connectivity index (χ0) is 21.0. The highest BCUT2D eigenvalue weighted by molar-refractivity contribution is 8.04. The fraction of sp³-hybridized carbons (Fsp3) is 0.273. The standard InChI is InChI=1S/C22H23NO5S/c1-5-28-16-9-7-8-15(13-16)23-21(24)19(20(22(23)25)29-6-2)14-10-11-17(26-3)18(12-14)27-4/h7-13H,5-6H2,1-4H3. The fourth-order valence-electron chi connectivity index (χ4n) is 3.15. The van der Waals surface area contributed by atoms with Gasteiger partial charge in [-0.2, -0.15) is 0 Å². The van der Waals surface area contributed by atoms with Crippen LogP contribution in [0.3, 0.4) is 0 Å². The molecule has 0 bridgehead atoms. The minimum atomic E-state index is -0.369. The van der Waals surface area contributed by atoms with Gasteiger partial charge in [0.15, 0.2) is 11.5 Å². The van der Waals surface area contributed by atoms with Crippen LogP contribution in [0.25, 0.3) is 5.57 Å². The van der Waals surface area contributed by atoms with Crippen LogP contribution in [0.15, 0.2) is 47.4 Å². The largest absolute Gasteiger partial charge is 0.494 e. The topological polar surface area (TPSA) is 65.1 Å². The number of ether oxygens (including phenoxy) is 3. The Balaban J connectivity index is 2.07. The van der Waals surface area contributed by atoms with Gasteiger partial charge in [-0.15, -0.1) is 11.8 Å². The van der Waals surface area contributed by atoms with E-state index >= 15 is 0 Å². The van der Waals surface area contributed by atoms with Crippen molar-refractivity contribution in [1.82, 2.24) is 0 Å². The summed E-state index contributed by atoms with van der Waals surface area (Å²) < 4.78 is 16.2. The molecule has 0 N–H and O–H groups in total. The zero-order valence-electron chi connectivity index (χ0n) is 16.9. The van der Waals surface area contributed by atoms with E-state index in [0.717, 1.165) is 0 Å². The minimum Gasteiger partial charge on any atom is -0.494 e. The van der Waals surface area contributed by atoms with E-state index in [9.17, 15) is 9.59 Å². The molecule has 1 heterocycles. The summed E-state index contributed by atoms with van der Waals surface area (Å²) in [5.74, 6) is 1.62. The van der Waals surface area contributed by atoms with Crippen molar-refractivity contribution in [2.45, 2.75) is 13.8 Å². The first-order valence-corrected chi connectivity index (χ1v) is 10.2. The van der Waals surface area contributed by atoms with Crippen molar-refractivity contribution in [3.05, 3.63) is 52.9 Å². The van der Waals surface area contributed by atoms with E-state index in [2.05, 4.69) is 0 Å². The molecule has 152 valence electrons. The van der Waals surface area contributed by atoms with Gasteiger partial charge in [0.25, 0.3) is 11.8 Å². The highest BCUT2D eigenvalue weighted by atomic mass is 32.2. The lowest BCUT2D eigenvalue weighted by Crippen LogP contribution is -2.31. The Bertz CT molecular complexity index is 969. The van der Waals surface area contributed by atoms with Crippen molar-refractivity contribution in [2.75, 3.05) is 31.5 Å². The molecule has 2 amide bonds. The van der Waals surface area contributed by atoms with Gasteiger partial charge in [-0.05, 0) is 42.5 Å². The Hall–Kier alpha value is -2.93. The molecule has 0 aromatic heterocycles. The van der Waals surface area contributed by atoms with E-state index in [1.165, 1.54) is 23.8 Å². The second kappa shape index (κ2) is 9.05. The van der Waals surface area contributed by atoms with Crippen molar-refractivity contribution in [3.63, 3.8) is 0 Å². The number of carbonyl (C=O) groups is 2. The Morgan fingerprint density at radius 2 is 1.69 bits per heavy atom. The molecule has 7 heteroatoms. The van der Waals surface area contributed by atoms with Gasteiger partial charge >= 0.3 is 0 Å². The Morgan fingerprint density at radius 3 is 2.34 bits per heavy atom. The monoisotopic (exact) mass is 413 g/mol. The molecule has 1 aliphatic heterocycles. The highest BCUT2D eigenvalue weighted by Gasteiger charge is 2.40. The molecular formula is C22H23NO5S. The molecule has 6 nitrogen and oxygen atoms in total. The van der Waals surface area contributed by atoms with Gasteiger partial charge in [0.1, 0.15) is 5.75 Å². The van der Waals surface area contributed by atoms with E-state index in [-0.39, 0.29) is 11.8 Å². The molecular weight excluding hydrogens is 390 g/mol. The minimum absolute atomic E-state index is 0.333. The predicted octanol–water partition coefficient (Wildman–Crippen LogP) is 4.14. The maximum atomic E-state index is 13.3. The number of rotatable bonds is 8. The molecule has 3 rings (SSSR count). The van der Waals surface area contributed by atoms with Gasteiger partial charge < -0.3 is 14.2 Å². The lowest BCUT2D eigenvalue weighted by atomic mass is 10.1. The first-order valence-electron chi connectivity index (χ1n) is 9.26. The van der Waals surface area contributed by atoms with E-state index in [1.54, 1.807) is 49.6 Å². The molecule has 0 unspecified atom stereocenters. The lowest BCUT2D eigenvalue weighted by Gasteiger charge is -2.16. The normalized spacial score (nSPS) is 13.9. The fourth-order valence-corrected chi connectivity index (χ4v) is 4.00. The second-order valence-electron chi connectivity index (χ2n) is 6.08.